The summed E-state index contributed by atoms with van der Waals surface area (Å²) in [6, 6.07) is 85.4. The minimum atomic E-state index is -2.95. The normalized spacial score (nSPS) is 11.9. The number of para-hydroxylation sites is 3. The fourth-order valence-electron chi connectivity index (χ4n) is 9.44. The summed E-state index contributed by atoms with van der Waals surface area (Å²) in [5.41, 5.74) is 9.57. The van der Waals surface area contributed by atoms with Gasteiger partial charge in [0.1, 0.15) is 0 Å². The molecule has 3 heteroatoms. The van der Waals surface area contributed by atoms with E-state index in [1.807, 2.05) is 0 Å². The maximum Gasteiger partial charge on any atom is 0.180 e. The quantitative estimate of drug-likeness (QED) is 0.114. The first-order valence-electron chi connectivity index (χ1n) is 19.7. The molecule has 2 heterocycles. The van der Waals surface area contributed by atoms with E-state index in [2.05, 4.69) is 240 Å². The summed E-state index contributed by atoms with van der Waals surface area (Å²) in [5, 5.41) is 10.4. The minimum absolute atomic E-state index is 1.14. The van der Waals surface area contributed by atoms with E-state index in [1.54, 1.807) is 0 Å². The molecule has 2 aromatic heterocycles. The Labute approximate surface area is 333 Å². The van der Waals surface area contributed by atoms with Crippen molar-refractivity contribution >= 4 is 72.4 Å². The number of benzene rings is 9. The zero-order valence-corrected chi connectivity index (χ0v) is 32.3. The minimum Gasteiger partial charge on any atom is -0.309 e. The molecule has 0 fully saturated rings. The molecule has 0 saturated heterocycles. The molecule has 0 amide bonds. The van der Waals surface area contributed by atoms with Gasteiger partial charge in [0.2, 0.25) is 0 Å². The second-order valence-corrected chi connectivity index (χ2v) is 18.6. The molecule has 0 radical (unpaired) electrons. The number of hydrogen-bond donors (Lipinski definition) is 0. The van der Waals surface area contributed by atoms with Crippen LogP contribution in [0.25, 0.3) is 66.1 Å². The van der Waals surface area contributed by atoms with E-state index in [9.17, 15) is 0 Å². The van der Waals surface area contributed by atoms with E-state index >= 15 is 0 Å². The van der Waals surface area contributed by atoms with Crippen LogP contribution in [-0.2, 0) is 0 Å². The molecule has 0 bridgehead atoms. The Morgan fingerprint density at radius 2 is 0.702 bits per heavy atom. The van der Waals surface area contributed by atoms with Gasteiger partial charge in [-0.15, -0.1) is 0 Å². The van der Waals surface area contributed by atoms with Gasteiger partial charge in [-0.2, -0.15) is 0 Å². The highest BCUT2D eigenvalue weighted by molar-refractivity contribution is 7.20. The molecule has 9 aromatic carbocycles. The molecule has 0 aliphatic carbocycles. The summed E-state index contributed by atoms with van der Waals surface area (Å²) >= 11 is 0. The van der Waals surface area contributed by atoms with Crippen molar-refractivity contribution in [3.8, 4) is 22.5 Å². The zero-order chi connectivity index (χ0) is 37.8. The molecule has 0 atom stereocenters. The lowest BCUT2D eigenvalue weighted by Gasteiger charge is -2.36. The molecule has 11 aromatic rings. The van der Waals surface area contributed by atoms with Crippen molar-refractivity contribution in [1.82, 2.24) is 9.13 Å². The maximum absolute atomic E-state index is 2.95. The molecule has 0 aliphatic heterocycles. The van der Waals surface area contributed by atoms with Crippen molar-refractivity contribution in [2.24, 2.45) is 0 Å². The Balaban J connectivity index is 1.30. The summed E-state index contributed by atoms with van der Waals surface area (Å²) in [4.78, 5) is 0. The molecular weight excluding hydrogens is 705 g/mol. The van der Waals surface area contributed by atoms with E-state index in [0.29, 0.717) is 0 Å². The average molecular weight is 743 g/mol. The molecule has 0 spiro atoms. The topological polar surface area (TPSA) is 9.86 Å². The highest BCUT2D eigenvalue weighted by Gasteiger charge is 2.43. The van der Waals surface area contributed by atoms with Gasteiger partial charge in [0.05, 0.1) is 22.1 Å². The third kappa shape index (κ3) is 5.17. The molecular formula is C54H38N2Si. The first kappa shape index (κ1) is 33.2. The van der Waals surface area contributed by atoms with Crippen molar-refractivity contribution in [3.05, 3.63) is 231 Å². The van der Waals surface area contributed by atoms with E-state index in [4.69, 9.17) is 0 Å². The third-order valence-corrected chi connectivity index (χ3v) is 16.7. The van der Waals surface area contributed by atoms with Gasteiger partial charge in [0.15, 0.2) is 8.07 Å². The van der Waals surface area contributed by atoms with Crippen molar-refractivity contribution < 1.29 is 0 Å². The predicted octanol–water partition coefficient (Wildman–Crippen LogP) is 10.9. The molecule has 0 saturated carbocycles. The van der Waals surface area contributed by atoms with Crippen LogP contribution in [0.15, 0.2) is 231 Å². The molecule has 0 N–H and O–H groups in total. The Morgan fingerprint density at radius 1 is 0.281 bits per heavy atom. The summed E-state index contributed by atoms with van der Waals surface area (Å²) in [6.07, 6.45) is 0. The van der Waals surface area contributed by atoms with Crippen LogP contribution in [0.3, 0.4) is 0 Å². The van der Waals surface area contributed by atoms with Gasteiger partial charge in [0.25, 0.3) is 0 Å². The SMILES string of the molecule is c1ccc(-c2cc3c4ccccc4n(-c4ccc5c6ccccc6n(-c6ccccc6)c5c4)c3cc2[Si](c2ccccc2)(c2ccccc2)c2ccccc2)cc1. The van der Waals surface area contributed by atoms with Crippen molar-refractivity contribution in [2.75, 3.05) is 0 Å². The first-order chi connectivity index (χ1) is 28.3. The number of hydrogen-bond acceptors (Lipinski definition) is 0. The van der Waals surface area contributed by atoms with E-state index < -0.39 is 8.07 Å². The van der Waals surface area contributed by atoms with Crippen molar-refractivity contribution in [1.29, 1.82) is 0 Å². The van der Waals surface area contributed by atoms with Gasteiger partial charge in [0, 0.05) is 32.9 Å². The molecule has 2 nitrogen and oxygen atoms in total. The van der Waals surface area contributed by atoms with Crippen molar-refractivity contribution in [3.63, 3.8) is 0 Å². The fourth-order valence-corrected chi connectivity index (χ4v) is 14.4. The molecule has 0 aliphatic rings. The molecule has 0 unspecified atom stereocenters. The second kappa shape index (κ2) is 13.5. The summed E-state index contributed by atoms with van der Waals surface area (Å²) in [7, 11) is -2.95. The average Bonchev–Trinajstić information content (AvgIpc) is 3.80. The van der Waals surface area contributed by atoms with Crippen LogP contribution in [0.1, 0.15) is 0 Å². The smallest absolute Gasteiger partial charge is 0.180 e. The number of nitrogens with zero attached hydrogens (tertiary/aromatic N) is 2. The van der Waals surface area contributed by atoms with Crippen LogP contribution in [-0.4, -0.2) is 17.2 Å². The van der Waals surface area contributed by atoms with Crippen LogP contribution in [0, 0.1) is 0 Å². The number of fused-ring (bicyclic) bond motifs is 6. The summed E-state index contributed by atoms with van der Waals surface area (Å²) in [5.74, 6) is 0. The van der Waals surface area contributed by atoms with Gasteiger partial charge in [-0.1, -0.05) is 182 Å². The fraction of sp³-hybridized carbons (Fsp3) is 0. The van der Waals surface area contributed by atoms with Crippen LogP contribution in [0.4, 0.5) is 0 Å². The van der Waals surface area contributed by atoms with Crippen LogP contribution < -0.4 is 20.7 Å². The van der Waals surface area contributed by atoms with Crippen LogP contribution >= 0.6 is 0 Å². The number of rotatable bonds is 7. The van der Waals surface area contributed by atoms with Crippen LogP contribution in [0.2, 0.25) is 0 Å². The first-order valence-corrected chi connectivity index (χ1v) is 21.7. The lowest BCUT2D eigenvalue weighted by molar-refractivity contribution is 1.15. The Kier molecular flexibility index (Phi) is 7.87. The highest BCUT2D eigenvalue weighted by atomic mass is 28.3. The van der Waals surface area contributed by atoms with E-state index in [1.165, 1.54) is 75.5 Å². The number of aromatic nitrogens is 2. The summed E-state index contributed by atoms with van der Waals surface area (Å²) in [6.45, 7) is 0. The molecule has 57 heavy (non-hydrogen) atoms. The Hall–Kier alpha value is -7.20. The second-order valence-electron chi connectivity index (χ2n) is 14.9. The van der Waals surface area contributed by atoms with Crippen LogP contribution in [0.5, 0.6) is 0 Å². The maximum atomic E-state index is 2.56. The van der Waals surface area contributed by atoms with E-state index in [0.717, 1.165) is 11.4 Å². The van der Waals surface area contributed by atoms with Gasteiger partial charge in [-0.25, -0.2) is 0 Å². The Bertz CT molecular complexity index is 3110. The van der Waals surface area contributed by atoms with Crippen molar-refractivity contribution in [2.45, 2.75) is 0 Å². The largest absolute Gasteiger partial charge is 0.309 e. The predicted molar refractivity (Wildman–Crippen MR) is 244 cm³/mol. The lowest BCUT2D eigenvalue weighted by atomic mass is 10.0. The molecule has 268 valence electrons. The van der Waals surface area contributed by atoms with Gasteiger partial charge < -0.3 is 9.13 Å². The van der Waals surface area contributed by atoms with E-state index in [-0.39, 0.29) is 0 Å². The van der Waals surface area contributed by atoms with Gasteiger partial charge in [-0.3, -0.25) is 0 Å². The third-order valence-electron chi connectivity index (χ3n) is 11.9. The zero-order valence-electron chi connectivity index (χ0n) is 31.3. The standard InChI is InChI=1S/C54H38N2Si/c1-6-20-39(21-7-1)48-37-49-46-31-17-19-33-51(46)56(41-34-35-47-45-30-16-18-32-50(45)55(52(47)36-41)40-22-8-2-9-23-40)53(49)38-54(48)57(42-24-10-3-11-25-42,43-26-12-4-13-27-43)44-28-14-5-15-29-44/h1-38H. The Morgan fingerprint density at radius 3 is 1.26 bits per heavy atom. The monoisotopic (exact) mass is 742 g/mol. The highest BCUT2D eigenvalue weighted by Crippen LogP contribution is 2.38. The summed E-state index contributed by atoms with van der Waals surface area (Å²) < 4.78 is 4.93. The van der Waals surface area contributed by atoms with Gasteiger partial charge >= 0.3 is 0 Å². The molecule has 11 rings (SSSR count). The lowest BCUT2D eigenvalue weighted by Crippen LogP contribution is -2.75. The van der Waals surface area contributed by atoms with Gasteiger partial charge in [-0.05, 0) is 80.4 Å².